The van der Waals surface area contributed by atoms with Gasteiger partial charge >= 0.3 is 0 Å². The molecule has 0 aliphatic heterocycles. The molecule has 0 fully saturated rings. The van der Waals surface area contributed by atoms with Gasteiger partial charge in [0.2, 0.25) is 0 Å². The van der Waals surface area contributed by atoms with Crippen LogP contribution in [0, 0.1) is 0 Å². The molecule has 0 aliphatic rings. The van der Waals surface area contributed by atoms with Crippen LogP contribution in [0.5, 0.6) is 0 Å². The average molecular weight is 348 g/mol. The van der Waals surface area contributed by atoms with Crippen LogP contribution >= 0.6 is 15.9 Å². The summed E-state index contributed by atoms with van der Waals surface area (Å²) in [6.45, 7) is 5.93. The smallest absolute Gasteiger partial charge is 0.257 e. The Morgan fingerprint density at radius 2 is 1.95 bits per heavy atom. The van der Waals surface area contributed by atoms with E-state index in [9.17, 15) is 4.79 Å². The zero-order valence-electron chi connectivity index (χ0n) is 12.1. The molecule has 0 atom stereocenters. The van der Waals surface area contributed by atoms with E-state index < -0.39 is 0 Å². The van der Waals surface area contributed by atoms with Crippen molar-refractivity contribution < 1.29 is 4.79 Å². The Morgan fingerprint density at radius 3 is 2.62 bits per heavy atom. The summed E-state index contributed by atoms with van der Waals surface area (Å²) in [5, 5.41) is 2.88. The largest absolute Gasteiger partial charge is 0.371 e. The summed E-state index contributed by atoms with van der Waals surface area (Å²) in [6.07, 6.45) is 3.36. The van der Waals surface area contributed by atoms with Crippen molar-refractivity contribution >= 4 is 33.2 Å². The predicted octanol–water partition coefficient (Wildman–Crippen LogP) is 3.94. The van der Waals surface area contributed by atoms with Gasteiger partial charge in [0.05, 0.1) is 23.1 Å². The van der Waals surface area contributed by atoms with E-state index in [1.54, 1.807) is 12.4 Å². The maximum Gasteiger partial charge on any atom is 0.257 e. The van der Waals surface area contributed by atoms with Crippen molar-refractivity contribution in [2.45, 2.75) is 13.8 Å². The van der Waals surface area contributed by atoms with Crippen LogP contribution in [0.25, 0.3) is 0 Å². The fourth-order valence-corrected chi connectivity index (χ4v) is 2.45. The lowest BCUT2D eigenvalue weighted by molar-refractivity contribution is 0.102. The molecule has 21 heavy (non-hydrogen) atoms. The summed E-state index contributed by atoms with van der Waals surface area (Å²) in [6, 6.07) is 9.39. The van der Waals surface area contributed by atoms with Crippen LogP contribution in [0.1, 0.15) is 24.2 Å². The Hall–Kier alpha value is -1.88. The summed E-state index contributed by atoms with van der Waals surface area (Å²) in [5.41, 5.74) is 2.26. The number of amides is 1. The zero-order valence-corrected chi connectivity index (χ0v) is 13.7. The van der Waals surface area contributed by atoms with Gasteiger partial charge in [0, 0.05) is 23.8 Å². The van der Waals surface area contributed by atoms with E-state index in [1.807, 2.05) is 30.3 Å². The van der Waals surface area contributed by atoms with E-state index >= 15 is 0 Å². The highest BCUT2D eigenvalue weighted by atomic mass is 79.9. The van der Waals surface area contributed by atoms with Crippen LogP contribution in [0.15, 0.2) is 47.2 Å². The van der Waals surface area contributed by atoms with E-state index in [0.29, 0.717) is 5.56 Å². The second-order valence-electron chi connectivity index (χ2n) is 4.54. The van der Waals surface area contributed by atoms with Crippen molar-refractivity contribution in [2.75, 3.05) is 23.3 Å². The highest BCUT2D eigenvalue weighted by molar-refractivity contribution is 9.10. The Balaban J connectivity index is 2.20. The van der Waals surface area contributed by atoms with E-state index in [2.05, 4.69) is 45.0 Å². The lowest BCUT2D eigenvalue weighted by Crippen LogP contribution is -2.22. The molecule has 0 aliphatic carbocycles. The molecule has 1 N–H and O–H groups in total. The number of benzene rings is 1. The van der Waals surface area contributed by atoms with Gasteiger partial charge in [-0.2, -0.15) is 0 Å². The molecular formula is C16H18BrN3O. The summed E-state index contributed by atoms with van der Waals surface area (Å²) >= 11 is 3.42. The minimum atomic E-state index is -0.164. The molecule has 0 bridgehead atoms. The number of aromatic nitrogens is 1. The maximum absolute atomic E-state index is 12.3. The number of anilines is 2. The first kappa shape index (κ1) is 15.5. The number of carbonyl (C=O) groups excluding carboxylic acids is 1. The Morgan fingerprint density at radius 1 is 1.24 bits per heavy atom. The van der Waals surface area contributed by atoms with E-state index in [1.165, 1.54) is 0 Å². The molecule has 0 unspecified atom stereocenters. The highest BCUT2D eigenvalue weighted by Gasteiger charge is 2.11. The maximum atomic E-state index is 12.3. The quantitative estimate of drug-likeness (QED) is 0.890. The Kier molecular flexibility index (Phi) is 5.33. The third kappa shape index (κ3) is 3.82. The number of hydrogen-bond donors (Lipinski definition) is 1. The number of para-hydroxylation sites is 1. The standard InChI is InChI=1S/C16H18BrN3O/c1-3-20(4-2)13-9-12(10-18-11-13)16(21)19-15-8-6-5-7-14(15)17/h5-11H,3-4H2,1-2H3,(H,19,21). The van der Waals surface area contributed by atoms with E-state index in [0.717, 1.165) is 28.9 Å². The van der Waals surface area contributed by atoms with Gasteiger partial charge in [-0.3, -0.25) is 9.78 Å². The highest BCUT2D eigenvalue weighted by Crippen LogP contribution is 2.22. The monoisotopic (exact) mass is 347 g/mol. The minimum absolute atomic E-state index is 0.164. The molecule has 0 radical (unpaired) electrons. The molecule has 1 amide bonds. The average Bonchev–Trinajstić information content (AvgIpc) is 2.51. The molecule has 0 saturated carbocycles. The first-order chi connectivity index (χ1) is 10.2. The summed E-state index contributed by atoms with van der Waals surface area (Å²) in [5.74, 6) is -0.164. The number of nitrogens with zero attached hydrogens (tertiary/aromatic N) is 2. The molecule has 1 aromatic heterocycles. The summed E-state index contributed by atoms with van der Waals surface area (Å²) in [7, 11) is 0. The molecule has 0 saturated heterocycles. The van der Waals surface area contributed by atoms with Gasteiger partial charge in [0.15, 0.2) is 0 Å². The van der Waals surface area contributed by atoms with Gasteiger partial charge in [-0.05, 0) is 48.0 Å². The number of rotatable bonds is 5. The number of hydrogen-bond acceptors (Lipinski definition) is 3. The topological polar surface area (TPSA) is 45.2 Å². The molecule has 4 nitrogen and oxygen atoms in total. The van der Waals surface area contributed by atoms with Gasteiger partial charge < -0.3 is 10.2 Å². The van der Waals surface area contributed by atoms with Gasteiger partial charge in [0.1, 0.15) is 0 Å². The second kappa shape index (κ2) is 7.22. The van der Waals surface area contributed by atoms with Crippen molar-refractivity contribution in [2.24, 2.45) is 0 Å². The first-order valence-electron chi connectivity index (χ1n) is 6.91. The van der Waals surface area contributed by atoms with Gasteiger partial charge in [-0.25, -0.2) is 0 Å². The molecule has 0 spiro atoms. The van der Waals surface area contributed by atoms with Gasteiger partial charge in [-0.15, -0.1) is 0 Å². The Labute approximate surface area is 133 Å². The molecule has 1 heterocycles. The fraction of sp³-hybridized carbons (Fsp3) is 0.250. The van der Waals surface area contributed by atoms with Crippen LogP contribution < -0.4 is 10.2 Å². The van der Waals surface area contributed by atoms with Crippen LogP contribution in [0.2, 0.25) is 0 Å². The summed E-state index contributed by atoms with van der Waals surface area (Å²) < 4.78 is 0.853. The predicted molar refractivity (Wildman–Crippen MR) is 89.9 cm³/mol. The molecule has 5 heteroatoms. The zero-order chi connectivity index (χ0) is 15.2. The molecule has 1 aromatic carbocycles. The van der Waals surface area contributed by atoms with Crippen molar-refractivity contribution in [3.05, 3.63) is 52.8 Å². The van der Waals surface area contributed by atoms with Gasteiger partial charge in [-0.1, -0.05) is 12.1 Å². The number of halogens is 1. The third-order valence-electron chi connectivity index (χ3n) is 3.24. The Bertz CT molecular complexity index is 626. The van der Waals surface area contributed by atoms with E-state index in [4.69, 9.17) is 0 Å². The summed E-state index contributed by atoms with van der Waals surface area (Å²) in [4.78, 5) is 18.7. The molecule has 2 rings (SSSR count). The number of pyridine rings is 1. The lowest BCUT2D eigenvalue weighted by atomic mass is 10.2. The van der Waals surface area contributed by atoms with Crippen molar-refractivity contribution in [3.63, 3.8) is 0 Å². The van der Waals surface area contributed by atoms with Crippen molar-refractivity contribution in [1.29, 1.82) is 0 Å². The van der Waals surface area contributed by atoms with Crippen LogP contribution in [0.4, 0.5) is 11.4 Å². The lowest BCUT2D eigenvalue weighted by Gasteiger charge is -2.20. The molecule has 2 aromatic rings. The SMILES string of the molecule is CCN(CC)c1cncc(C(=O)Nc2ccccc2Br)c1. The van der Waals surface area contributed by atoms with Crippen LogP contribution in [-0.2, 0) is 0 Å². The fourth-order valence-electron chi connectivity index (χ4n) is 2.07. The van der Waals surface area contributed by atoms with Crippen LogP contribution in [0.3, 0.4) is 0 Å². The minimum Gasteiger partial charge on any atom is -0.371 e. The van der Waals surface area contributed by atoms with Crippen molar-refractivity contribution in [1.82, 2.24) is 4.98 Å². The van der Waals surface area contributed by atoms with Crippen LogP contribution in [-0.4, -0.2) is 24.0 Å². The molecule has 110 valence electrons. The molecular weight excluding hydrogens is 330 g/mol. The number of nitrogens with one attached hydrogen (secondary N) is 1. The van der Waals surface area contributed by atoms with E-state index in [-0.39, 0.29) is 5.91 Å². The first-order valence-corrected chi connectivity index (χ1v) is 7.70. The normalized spacial score (nSPS) is 10.2. The van der Waals surface area contributed by atoms with Crippen molar-refractivity contribution in [3.8, 4) is 0 Å². The van der Waals surface area contributed by atoms with Gasteiger partial charge in [0.25, 0.3) is 5.91 Å². The second-order valence-corrected chi connectivity index (χ2v) is 5.39. The third-order valence-corrected chi connectivity index (χ3v) is 3.93. The number of carbonyl (C=O) groups is 1.